The number of ether oxygens (including phenoxy) is 1. The first-order valence-corrected chi connectivity index (χ1v) is 10.0. The lowest BCUT2D eigenvalue weighted by Gasteiger charge is -2.11. The highest BCUT2D eigenvalue weighted by molar-refractivity contribution is 7.13. The van der Waals surface area contributed by atoms with Crippen LogP contribution in [0.1, 0.15) is 46.3 Å². The molecule has 144 valence electrons. The summed E-state index contributed by atoms with van der Waals surface area (Å²) in [5.41, 5.74) is 1.76. The number of carbonyl (C=O) groups is 1. The van der Waals surface area contributed by atoms with Crippen molar-refractivity contribution in [1.29, 1.82) is 0 Å². The summed E-state index contributed by atoms with van der Waals surface area (Å²) in [6.45, 7) is 2.64. The van der Waals surface area contributed by atoms with Crippen LogP contribution in [0.5, 0.6) is 0 Å². The average Bonchev–Trinajstić information content (AvgIpc) is 3.39. The lowest BCUT2D eigenvalue weighted by Crippen LogP contribution is -2.29. The Hall–Kier alpha value is -2.77. The van der Waals surface area contributed by atoms with Crippen molar-refractivity contribution in [3.63, 3.8) is 0 Å². The Bertz CT molecular complexity index is 1040. The molecule has 4 rings (SSSR count). The van der Waals surface area contributed by atoms with Crippen LogP contribution >= 0.6 is 11.3 Å². The van der Waals surface area contributed by atoms with Gasteiger partial charge in [-0.05, 0) is 31.4 Å². The van der Waals surface area contributed by atoms with Gasteiger partial charge in [-0.1, -0.05) is 30.3 Å². The maximum atomic E-state index is 12.5. The van der Waals surface area contributed by atoms with Crippen LogP contribution in [0.2, 0.25) is 0 Å². The molecule has 6 nitrogen and oxygen atoms in total. The number of hydrogen-bond donors (Lipinski definition) is 1. The second-order valence-corrected chi connectivity index (χ2v) is 7.55. The van der Waals surface area contributed by atoms with Gasteiger partial charge in [-0.2, -0.15) is 0 Å². The summed E-state index contributed by atoms with van der Waals surface area (Å²) in [5.74, 6) is 0.0305. The highest BCUT2D eigenvalue weighted by Gasteiger charge is 2.24. The first-order valence-electron chi connectivity index (χ1n) is 9.16. The third kappa shape index (κ3) is 3.90. The maximum absolute atomic E-state index is 12.5. The van der Waals surface area contributed by atoms with E-state index >= 15 is 0 Å². The van der Waals surface area contributed by atoms with E-state index in [4.69, 9.17) is 9.15 Å². The fourth-order valence-electron chi connectivity index (χ4n) is 3.23. The Balaban J connectivity index is 1.45. The molecular weight excluding hydrogens is 376 g/mol. The Kier molecular flexibility index (Phi) is 5.36. The zero-order valence-corrected chi connectivity index (χ0v) is 16.3. The molecule has 1 N–H and O–H groups in total. The van der Waals surface area contributed by atoms with E-state index in [1.807, 2.05) is 35.7 Å². The molecule has 7 heteroatoms. The van der Waals surface area contributed by atoms with Crippen molar-refractivity contribution in [3.8, 4) is 10.6 Å². The standard InChI is InChI=1S/C21H20N2O4S/c1-13-10-17(16-8-5-9-26-16)27-21(25)18(13)19(24)22-11-15-12-28-20(23-15)14-6-3-2-4-7-14/h2-4,6-7,10,12,16H,5,8-9,11H2,1H3,(H,22,24). The van der Waals surface area contributed by atoms with Crippen molar-refractivity contribution < 1.29 is 13.9 Å². The lowest BCUT2D eigenvalue weighted by molar-refractivity contribution is 0.0882. The van der Waals surface area contributed by atoms with E-state index in [0.717, 1.165) is 29.1 Å². The summed E-state index contributed by atoms with van der Waals surface area (Å²) in [7, 11) is 0. The first-order chi connectivity index (χ1) is 13.6. The van der Waals surface area contributed by atoms with Gasteiger partial charge in [0, 0.05) is 17.6 Å². The molecule has 28 heavy (non-hydrogen) atoms. The minimum atomic E-state index is -0.633. The largest absolute Gasteiger partial charge is 0.424 e. The SMILES string of the molecule is Cc1cc(C2CCCO2)oc(=O)c1C(=O)NCc1csc(-c2ccccc2)n1. The van der Waals surface area contributed by atoms with Gasteiger partial charge in [0.05, 0.1) is 12.2 Å². The van der Waals surface area contributed by atoms with E-state index in [9.17, 15) is 9.59 Å². The second kappa shape index (κ2) is 8.08. The highest BCUT2D eigenvalue weighted by Crippen LogP contribution is 2.28. The molecular formula is C21H20N2O4S. The van der Waals surface area contributed by atoms with E-state index in [2.05, 4.69) is 10.3 Å². The number of nitrogens with one attached hydrogen (secondary N) is 1. The molecule has 3 aromatic rings. The normalized spacial score (nSPS) is 16.2. The van der Waals surface area contributed by atoms with Crippen molar-refractivity contribution in [2.45, 2.75) is 32.4 Å². The van der Waals surface area contributed by atoms with Crippen LogP contribution in [-0.4, -0.2) is 17.5 Å². The van der Waals surface area contributed by atoms with Crippen LogP contribution in [0.25, 0.3) is 10.6 Å². The maximum Gasteiger partial charge on any atom is 0.349 e. The van der Waals surface area contributed by atoms with E-state index < -0.39 is 11.5 Å². The average molecular weight is 396 g/mol. The van der Waals surface area contributed by atoms with Crippen molar-refractivity contribution >= 4 is 17.2 Å². The molecule has 1 saturated heterocycles. The molecule has 0 radical (unpaired) electrons. The van der Waals surface area contributed by atoms with Crippen LogP contribution in [0.3, 0.4) is 0 Å². The Morgan fingerprint density at radius 3 is 2.86 bits per heavy atom. The monoisotopic (exact) mass is 396 g/mol. The van der Waals surface area contributed by atoms with Gasteiger partial charge in [0.2, 0.25) is 0 Å². The Morgan fingerprint density at radius 1 is 1.32 bits per heavy atom. The van der Waals surface area contributed by atoms with Gasteiger partial charge in [-0.3, -0.25) is 4.79 Å². The molecule has 1 aliphatic heterocycles. The van der Waals surface area contributed by atoms with Crippen molar-refractivity contribution in [2.24, 2.45) is 0 Å². The fourth-order valence-corrected chi connectivity index (χ4v) is 4.05. The first kappa shape index (κ1) is 18.6. The van der Waals surface area contributed by atoms with Crippen LogP contribution in [0, 0.1) is 6.92 Å². The van der Waals surface area contributed by atoms with Gasteiger partial charge in [0.25, 0.3) is 5.91 Å². The number of rotatable bonds is 5. The predicted molar refractivity (Wildman–Crippen MR) is 106 cm³/mol. The van der Waals surface area contributed by atoms with Crippen LogP contribution in [0.4, 0.5) is 0 Å². The quantitative estimate of drug-likeness (QED) is 0.708. The number of nitrogens with zero attached hydrogens (tertiary/aromatic N) is 1. The molecule has 1 fully saturated rings. The van der Waals surface area contributed by atoms with Gasteiger partial charge >= 0.3 is 5.63 Å². The topological polar surface area (TPSA) is 81.4 Å². The molecule has 1 atom stereocenters. The molecule has 3 heterocycles. The third-order valence-corrected chi connectivity index (χ3v) is 5.58. The summed E-state index contributed by atoms with van der Waals surface area (Å²) in [6.07, 6.45) is 1.56. The van der Waals surface area contributed by atoms with Gasteiger partial charge in [0.1, 0.15) is 22.4 Å². The van der Waals surface area contributed by atoms with Crippen molar-refractivity contribution in [1.82, 2.24) is 10.3 Å². The molecule has 1 aromatic carbocycles. The molecule has 1 amide bonds. The Labute approximate surface area is 166 Å². The summed E-state index contributed by atoms with van der Waals surface area (Å²) < 4.78 is 10.9. The fraction of sp³-hybridized carbons (Fsp3) is 0.286. The van der Waals surface area contributed by atoms with Gasteiger partial charge in [-0.15, -0.1) is 11.3 Å². The number of thiazole rings is 1. The summed E-state index contributed by atoms with van der Waals surface area (Å²) in [5, 5.41) is 5.56. The molecule has 2 aromatic heterocycles. The number of aromatic nitrogens is 1. The molecule has 0 bridgehead atoms. The number of aryl methyl sites for hydroxylation is 1. The smallest absolute Gasteiger partial charge is 0.349 e. The molecule has 0 saturated carbocycles. The molecule has 0 aliphatic carbocycles. The number of amides is 1. The predicted octanol–water partition coefficient (Wildman–Crippen LogP) is 3.85. The minimum absolute atomic E-state index is 0.0280. The zero-order chi connectivity index (χ0) is 19.5. The minimum Gasteiger partial charge on any atom is -0.424 e. The number of benzene rings is 1. The molecule has 1 unspecified atom stereocenters. The molecule has 0 spiro atoms. The van der Waals surface area contributed by atoms with Crippen LogP contribution in [-0.2, 0) is 11.3 Å². The lowest BCUT2D eigenvalue weighted by atomic mass is 10.1. The van der Waals surface area contributed by atoms with Crippen LogP contribution in [0.15, 0.2) is 51.0 Å². The summed E-state index contributed by atoms with van der Waals surface area (Å²) in [4.78, 5) is 29.4. The number of hydrogen-bond acceptors (Lipinski definition) is 6. The van der Waals surface area contributed by atoms with Crippen LogP contribution < -0.4 is 10.9 Å². The van der Waals surface area contributed by atoms with E-state index in [1.54, 1.807) is 13.0 Å². The number of carbonyl (C=O) groups excluding carboxylic acids is 1. The van der Waals surface area contributed by atoms with Gasteiger partial charge in [-0.25, -0.2) is 9.78 Å². The van der Waals surface area contributed by atoms with Gasteiger partial charge in [0.15, 0.2) is 0 Å². The van der Waals surface area contributed by atoms with Crippen molar-refractivity contribution in [3.05, 3.63) is 74.8 Å². The third-order valence-electron chi connectivity index (χ3n) is 4.64. The van der Waals surface area contributed by atoms with E-state index in [0.29, 0.717) is 17.9 Å². The van der Waals surface area contributed by atoms with E-state index in [-0.39, 0.29) is 18.2 Å². The summed E-state index contributed by atoms with van der Waals surface area (Å²) in [6, 6.07) is 11.6. The summed E-state index contributed by atoms with van der Waals surface area (Å²) >= 11 is 1.52. The van der Waals surface area contributed by atoms with E-state index in [1.165, 1.54) is 11.3 Å². The highest BCUT2D eigenvalue weighted by atomic mass is 32.1. The van der Waals surface area contributed by atoms with Gasteiger partial charge < -0.3 is 14.5 Å². The zero-order valence-electron chi connectivity index (χ0n) is 15.4. The second-order valence-electron chi connectivity index (χ2n) is 6.69. The molecule has 1 aliphatic rings. The Morgan fingerprint density at radius 2 is 2.14 bits per heavy atom. The van der Waals surface area contributed by atoms with Crippen molar-refractivity contribution in [2.75, 3.05) is 6.61 Å².